The summed E-state index contributed by atoms with van der Waals surface area (Å²) >= 11 is 0. The summed E-state index contributed by atoms with van der Waals surface area (Å²) < 4.78 is 27.4. The van der Waals surface area contributed by atoms with E-state index >= 15 is 0 Å². The fraction of sp³-hybridized carbons (Fsp3) is 0.185. The van der Waals surface area contributed by atoms with Gasteiger partial charge in [-0.05, 0) is 54.1 Å². The van der Waals surface area contributed by atoms with Gasteiger partial charge in [0.1, 0.15) is 11.5 Å². The fourth-order valence-electron chi connectivity index (χ4n) is 3.65. The van der Waals surface area contributed by atoms with Crippen molar-refractivity contribution in [3.8, 4) is 34.5 Å². The highest BCUT2D eigenvalue weighted by Gasteiger charge is 2.12. The second kappa shape index (κ2) is 10.6. The van der Waals surface area contributed by atoms with E-state index in [4.69, 9.17) is 23.7 Å². The van der Waals surface area contributed by atoms with Gasteiger partial charge in [-0.25, -0.2) is 0 Å². The van der Waals surface area contributed by atoms with Crippen LogP contribution in [-0.4, -0.2) is 39.3 Å². The third-order valence-corrected chi connectivity index (χ3v) is 5.39. The summed E-state index contributed by atoms with van der Waals surface area (Å²) in [4.78, 5) is 16.9. The molecule has 35 heavy (non-hydrogen) atoms. The third-order valence-electron chi connectivity index (χ3n) is 5.39. The molecule has 4 aromatic rings. The number of aromatic nitrogens is 1. The van der Waals surface area contributed by atoms with E-state index in [0.717, 1.165) is 16.5 Å². The number of nitrogens with zero attached hydrogens (tertiary/aromatic N) is 1. The Hall–Kier alpha value is -4.46. The molecule has 8 nitrogen and oxygen atoms in total. The number of carbonyl (C=O) groups is 1. The number of anilines is 1. The molecule has 0 aliphatic heterocycles. The van der Waals surface area contributed by atoms with Crippen LogP contribution in [0.5, 0.6) is 34.5 Å². The molecule has 0 saturated carbocycles. The van der Waals surface area contributed by atoms with E-state index in [-0.39, 0.29) is 12.3 Å². The van der Waals surface area contributed by atoms with Gasteiger partial charge in [0, 0.05) is 23.3 Å². The lowest BCUT2D eigenvalue weighted by atomic mass is 10.1. The number of nitrogens with one attached hydrogen (secondary N) is 1. The number of methoxy groups -OCH3 is 4. The second-order valence-electron chi connectivity index (χ2n) is 7.57. The lowest BCUT2D eigenvalue weighted by Crippen LogP contribution is -2.14. The molecule has 1 N–H and O–H groups in total. The highest BCUT2D eigenvalue weighted by Crippen LogP contribution is 2.37. The number of fused-ring (bicyclic) bond motifs is 1. The van der Waals surface area contributed by atoms with E-state index in [2.05, 4.69) is 10.3 Å². The molecule has 0 aliphatic rings. The molecular weight excluding hydrogens is 448 g/mol. The Morgan fingerprint density at radius 2 is 1.40 bits per heavy atom. The molecule has 0 bridgehead atoms. The van der Waals surface area contributed by atoms with Crippen LogP contribution in [0.2, 0.25) is 0 Å². The van der Waals surface area contributed by atoms with Gasteiger partial charge >= 0.3 is 0 Å². The molecule has 0 aliphatic carbocycles. The van der Waals surface area contributed by atoms with Crippen molar-refractivity contribution in [1.82, 2.24) is 4.98 Å². The predicted octanol–water partition coefficient (Wildman–Crippen LogP) is 5.24. The number of hydrogen-bond acceptors (Lipinski definition) is 7. The van der Waals surface area contributed by atoms with Gasteiger partial charge in [0.25, 0.3) is 0 Å². The molecular formula is C27H26N2O6. The molecule has 0 saturated heterocycles. The van der Waals surface area contributed by atoms with Crippen molar-refractivity contribution < 1.29 is 28.5 Å². The standard InChI is InChI=1S/C27H26N2O6/c1-31-23-10-5-17(13-24(23)32-2)14-27(30)29-18-6-8-19(9-7-18)35-22-11-12-28-21-16-26(34-4)25(33-3)15-20(21)22/h5-13,15-16H,14H2,1-4H3,(H,29,30). The van der Waals surface area contributed by atoms with E-state index in [1.165, 1.54) is 0 Å². The molecule has 1 amide bonds. The average Bonchev–Trinajstić information content (AvgIpc) is 2.89. The number of hydrogen-bond donors (Lipinski definition) is 1. The number of amides is 1. The highest BCUT2D eigenvalue weighted by molar-refractivity contribution is 5.92. The van der Waals surface area contributed by atoms with Crippen LogP contribution < -0.4 is 29.0 Å². The highest BCUT2D eigenvalue weighted by atomic mass is 16.5. The number of benzene rings is 3. The summed E-state index contributed by atoms with van der Waals surface area (Å²) in [5.41, 5.74) is 2.20. The van der Waals surface area contributed by atoms with E-state index < -0.39 is 0 Å². The summed E-state index contributed by atoms with van der Waals surface area (Å²) in [7, 11) is 6.30. The molecule has 0 radical (unpaired) electrons. The van der Waals surface area contributed by atoms with E-state index in [1.807, 2.05) is 12.1 Å². The van der Waals surface area contributed by atoms with E-state index in [0.29, 0.717) is 40.2 Å². The Morgan fingerprint density at radius 3 is 2.09 bits per heavy atom. The first kappa shape index (κ1) is 23.7. The smallest absolute Gasteiger partial charge is 0.228 e. The summed E-state index contributed by atoms with van der Waals surface area (Å²) in [5.74, 6) is 3.48. The molecule has 0 spiro atoms. The Balaban J connectivity index is 1.45. The van der Waals surface area contributed by atoms with Crippen molar-refractivity contribution in [3.63, 3.8) is 0 Å². The number of ether oxygens (including phenoxy) is 5. The van der Waals surface area contributed by atoms with Crippen LogP contribution in [0, 0.1) is 0 Å². The molecule has 180 valence electrons. The van der Waals surface area contributed by atoms with E-state index in [1.54, 1.807) is 83.2 Å². The monoisotopic (exact) mass is 474 g/mol. The lowest BCUT2D eigenvalue weighted by Gasteiger charge is -2.13. The predicted molar refractivity (Wildman–Crippen MR) is 133 cm³/mol. The molecule has 0 atom stereocenters. The van der Waals surface area contributed by atoms with Crippen LogP contribution >= 0.6 is 0 Å². The SMILES string of the molecule is COc1ccc(CC(=O)Nc2ccc(Oc3ccnc4cc(OC)c(OC)cc34)cc2)cc1OC. The maximum Gasteiger partial charge on any atom is 0.228 e. The van der Waals surface area contributed by atoms with Gasteiger partial charge in [0.2, 0.25) is 5.91 Å². The van der Waals surface area contributed by atoms with Crippen molar-refractivity contribution >= 4 is 22.5 Å². The summed E-state index contributed by atoms with van der Waals surface area (Å²) in [5, 5.41) is 3.69. The molecule has 8 heteroatoms. The van der Waals surface area contributed by atoms with Gasteiger partial charge in [-0.3, -0.25) is 9.78 Å². The van der Waals surface area contributed by atoms with Gasteiger partial charge in [0.05, 0.1) is 40.4 Å². The number of pyridine rings is 1. The third kappa shape index (κ3) is 5.38. The van der Waals surface area contributed by atoms with Crippen LogP contribution in [0.3, 0.4) is 0 Å². The van der Waals surface area contributed by atoms with Gasteiger partial charge < -0.3 is 29.0 Å². The first-order chi connectivity index (χ1) is 17.0. The van der Waals surface area contributed by atoms with Gasteiger partial charge in [0.15, 0.2) is 23.0 Å². The average molecular weight is 475 g/mol. The number of carbonyl (C=O) groups excluding carboxylic acids is 1. The zero-order chi connectivity index (χ0) is 24.8. The Labute approximate surface area is 203 Å². The lowest BCUT2D eigenvalue weighted by molar-refractivity contribution is -0.115. The van der Waals surface area contributed by atoms with Crippen LogP contribution in [0.1, 0.15) is 5.56 Å². The van der Waals surface area contributed by atoms with Crippen LogP contribution in [0.25, 0.3) is 10.9 Å². The minimum Gasteiger partial charge on any atom is -0.493 e. The van der Waals surface area contributed by atoms with Crippen molar-refractivity contribution in [2.75, 3.05) is 33.8 Å². The maximum absolute atomic E-state index is 12.5. The normalized spacial score (nSPS) is 10.5. The summed E-state index contributed by atoms with van der Waals surface area (Å²) in [6.45, 7) is 0. The van der Waals surface area contributed by atoms with Gasteiger partial charge in [-0.1, -0.05) is 6.07 Å². The van der Waals surface area contributed by atoms with Crippen LogP contribution in [0.4, 0.5) is 5.69 Å². The Kier molecular flexibility index (Phi) is 7.21. The maximum atomic E-state index is 12.5. The summed E-state index contributed by atoms with van der Waals surface area (Å²) in [6.07, 6.45) is 1.87. The first-order valence-corrected chi connectivity index (χ1v) is 10.8. The molecule has 1 heterocycles. The Morgan fingerprint density at radius 1 is 0.743 bits per heavy atom. The quantitative estimate of drug-likeness (QED) is 0.355. The van der Waals surface area contributed by atoms with Crippen molar-refractivity contribution in [1.29, 1.82) is 0 Å². The first-order valence-electron chi connectivity index (χ1n) is 10.8. The van der Waals surface area contributed by atoms with Crippen molar-refractivity contribution in [3.05, 3.63) is 72.4 Å². The second-order valence-corrected chi connectivity index (χ2v) is 7.57. The fourth-order valence-corrected chi connectivity index (χ4v) is 3.65. The van der Waals surface area contributed by atoms with Crippen molar-refractivity contribution in [2.45, 2.75) is 6.42 Å². The zero-order valence-electron chi connectivity index (χ0n) is 20.0. The molecule has 4 rings (SSSR count). The van der Waals surface area contributed by atoms with Gasteiger partial charge in [-0.2, -0.15) is 0 Å². The number of rotatable bonds is 9. The topological polar surface area (TPSA) is 88.1 Å². The minimum atomic E-state index is -0.146. The van der Waals surface area contributed by atoms with Crippen LogP contribution in [0.15, 0.2) is 66.9 Å². The molecule has 3 aromatic carbocycles. The van der Waals surface area contributed by atoms with E-state index in [9.17, 15) is 4.79 Å². The zero-order valence-corrected chi connectivity index (χ0v) is 20.0. The summed E-state index contributed by atoms with van der Waals surface area (Å²) in [6, 6.07) is 18.0. The van der Waals surface area contributed by atoms with Crippen molar-refractivity contribution in [2.24, 2.45) is 0 Å². The molecule has 0 fully saturated rings. The minimum absolute atomic E-state index is 0.146. The Bertz CT molecular complexity index is 1340. The van der Waals surface area contributed by atoms with Gasteiger partial charge in [-0.15, -0.1) is 0 Å². The largest absolute Gasteiger partial charge is 0.493 e. The molecule has 0 unspecified atom stereocenters. The molecule has 1 aromatic heterocycles. The van der Waals surface area contributed by atoms with Crippen LogP contribution in [-0.2, 0) is 11.2 Å².